The molecule has 1 amide bonds. The molecule has 4 nitrogen and oxygen atoms in total. The average molecular weight is 307 g/mol. The third-order valence-corrected chi connectivity index (χ3v) is 3.03. The molecule has 2 aromatic rings. The van der Waals surface area contributed by atoms with Crippen LogP contribution in [0.5, 0.6) is 0 Å². The predicted molar refractivity (Wildman–Crippen MR) is 72.3 cm³/mol. The molecule has 1 heterocycles. The molecule has 2 N–H and O–H groups in total. The molecule has 0 bridgehead atoms. The number of hydrogen-bond acceptors (Lipinski definition) is 3. The summed E-state index contributed by atoms with van der Waals surface area (Å²) in [5.74, 6) is -0.230. The number of aliphatic hydroxyl groups excluding tert-OH is 1. The molecule has 0 unspecified atom stereocenters. The summed E-state index contributed by atoms with van der Waals surface area (Å²) in [4.78, 5) is 16.0. The molecule has 0 aliphatic heterocycles. The smallest absolute Gasteiger partial charge is 0.258 e. The first kappa shape index (κ1) is 12.7. The van der Waals surface area contributed by atoms with E-state index in [2.05, 4.69) is 26.2 Å². The SMILES string of the molecule is O=C(Nc1ccc(CO)cc1)c1cccnc1Br. The van der Waals surface area contributed by atoms with E-state index in [1.54, 1.807) is 42.6 Å². The second kappa shape index (κ2) is 5.75. The lowest BCUT2D eigenvalue weighted by Gasteiger charge is -2.06. The van der Waals surface area contributed by atoms with Crippen LogP contribution in [0, 0.1) is 0 Å². The molecule has 2 rings (SSSR count). The summed E-state index contributed by atoms with van der Waals surface area (Å²) in [6.07, 6.45) is 1.61. The van der Waals surface area contributed by atoms with Crippen LogP contribution in [0.15, 0.2) is 47.2 Å². The van der Waals surface area contributed by atoms with Gasteiger partial charge in [-0.25, -0.2) is 4.98 Å². The molecule has 0 aliphatic carbocycles. The number of rotatable bonds is 3. The van der Waals surface area contributed by atoms with Crippen LogP contribution in [0.1, 0.15) is 15.9 Å². The molecule has 0 fully saturated rings. The monoisotopic (exact) mass is 306 g/mol. The first-order valence-electron chi connectivity index (χ1n) is 5.32. The van der Waals surface area contributed by atoms with Crippen molar-refractivity contribution in [3.63, 3.8) is 0 Å². The number of carbonyl (C=O) groups is 1. The van der Waals surface area contributed by atoms with Gasteiger partial charge < -0.3 is 10.4 Å². The van der Waals surface area contributed by atoms with Crippen molar-refractivity contribution in [1.29, 1.82) is 0 Å². The van der Waals surface area contributed by atoms with Gasteiger partial charge in [-0.05, 0) is 45.8 Å². The van der Waals surface area contributed by atoms with Gasteiger partial charge in [-0.2, -0.15) is 0 Å². The third-order valence-electron chi connectivity index (χ3n) is 2.40. The van der Waals surface area contributed by atoms with Crippen molar-refractivity contribution in [2.24, 2.45) is 0 Å². The van der Waals surface area contributed by atoms with Crippen LogP contribution in [0.3, 0.4) is 0 Å². The molecule has 0 aliphatic rings. The molecule has 0 radical (unpaired) electrons. The maximum atomic E-state index is 12.0. The number of nitrogens with one attached hydrogen (secondary N) is 1. The van der Waals surface area contributed by atoms with E-state index < -0.39 is 0 Å². The average Bonchev–Trinajstić information content (AvgIpc) is 2.40. The first-order chi connectivity index (χ1) is 8.70. The highest BCUT2D eigenvalue weighted by Crippen LogP contribution is 2.16. The van der Waals surface area contributed by atoms with Gasteiger partial charge in [0, 0.05) is 11.9 Å². The molecule has 0 saturated heterocycles. The Hall–Kier alpha value is -1.72. The Labute approximate surface area is 113 Å². The minimum atomic E-state index is -0.230. The van der Waals surface area contributed by atoms with Crippen LogP contribution in [0.25, 0.3) is 0 Å². The standard InChI is InChI=1S/C13H11BrN2O2/c14-12-11(2-1-7-15-12)13(18)16-10-5-3-9(8-17)4-6-10/h1-7,17H,8H2,(H,16,18). The lowest BCUT2D eigenvalue weighted by Crippen LogP contribution is -2.12. The molecule has 5 heteroatoms. The summed E-state index contributed by atoms with van der Waals surface area (Å²) in [5.41, 5.74) is 1.95. The topological polar surface area (TPSA) is 62.2 Å². The zero-order chi connectivity index (χ0) is 13.0. The van der Waals surface area contributed by atoms with Gasteiger partial charge in [-0.3, -0.25) is 4.79 Å². The van der Waals surface area contributed by atoms with Crippen LogP contribution >= 0.6 is 15.9 Å². The van der Waals surface area contributed by atoms with Crippen molar-refractivity contribution in [1.82, 2.24) is 4.98 Å². The molecule has 0 spiro atoms. The summed E-state index contributed by atoms with van der Waals surface area (Å²) >= 11 is 3.23. The van der Waals surface area contributed by atoms with Gasteiger partial charge in [-0.1, -0.05) is 12.1 Å². The van der Waals surface area contributed by atoms with E-state index in [-0.39, 0.29) is 12.5 Å². The molecule has 1 aromatic heterocycles. The Bertz CT molecular complexity index is 555. The molecular weight excluding hydrogens is 296 g/mol. The minimum Gasteiger partial charge on any atom is -0.392 e. The third kappa shape index (κ3) is 2.94. The highest BCUT2D eigenvalue weighted by molar-refractivity contribution is 9.10. The number of halogens is 1. The Morgan fingerprint density at radius 1 is 1.28 bits per heavy atom. The van der Waals surface area contributed by atoms with Crippen LogP contribution in [-0.4, -0.2) is 16.0 Å². The molecule has 1 aromatic carbocycles. The van der Waals surface area contributed by atoms with Gasteiger partial charge in [0.25, 0.3) is 5.91 Å². The number of anilines is 1. The molecular formula is C13H11BrN2O2. The number of aliphatic hydroxyl groups is 1. The van der Waals surface area contributed by atoms with Crippen molar-refractivity contribution < 1.29 is 9.90 Å². The van der Waals surface area contributed by atoms with E-state index in [9.17, 15) is 4.79 Å². The summed E-state index contributed by atoms with van der Waals surface area (Å²) in [7, 11) is 0. The van der Waals surface area contributed by atoms with E-state index >= 15 is 0 Å². The zero-order valence-corrected chi connectivity index (χ0v) is 11.0. The van der Waals surface area contributed by atoms with Crippen molar-refractivity contribution >= 4 is 27.5 Å². The van der Waals surface area contributed by atoms with Gasteiger partial charge in [0.05, 0.1) is 12.2 Å². The fourth-order valence-electron chi connectivity index (χ4n) is 1.45. The summed E-state index contributed by atoms with van der Waals surface area (Å²) in [6.45, 7) is -0.0115. The largest absolute Gasteiger partial charge is 0.392 e. The quantitative estimate of drug-likeness (QED) is 0.857. The molecule has 18 heavy (non-hydrogen) atoms. The minimum absolute atomic E-state index is 0.0115. The Morgan fingerprint density at radius 3 is 2.61 bits per heavy atom. The van der Waals surface area contributed by atoms with Crippen molar-refractivity contribution in [2.45, 2.75) is 6.61 Å². The number of amides is 1. The van der Waals surface area contributed by atoms with Gasteiger partial charge in [0.15, 0.2) is 0 Å². The number of pyridine rings is 1. The normalized spacial score (nSPS) is 10.1. The van der Waals surface area contributed by atoms with Crippen molar-refractivity contribution in [3.8, 4) is 0 Å². The number of carbonyl (C=O) groups excluding carboxylic acids is 1. The van der Waals surface area contributed by atoms with Crippen LogP contribution < -0.4 is 5.32 Å². The van der Waals surface area contributed by atoms with E-state index in [0.29, 0.717) is 15.9 Å². The highest BCUT2D eigenvalue weighted by Gasteiger charge is 2.10. The Morgan fingerprint density at radius 2 is 2.00 bits per heavy atom. The fraction of sp³-hybridized carbons (Fsp3) is 0.0769. The van der Waals surface area contributed by atoms with Crippen LogP contribution in [0.4, 0.5) is 5.69 Å². The zero-order valence-electron chi connectivity index (χ0n) is 9.43. The van der Waals surface area contributed by atoms with E-state index in [4.69, 9.17) is 5.11 Å². The van der Waals surface area contributed by atoms with Gasteiger partial charge in [-0.15, -0.1) is 0 Å². The molecule has 0 atom stereocenters. The maximum absolute atomic E-state index is 12.0. The number of aromatic nitrogens is 1. The van der Waals surface area contributed by atoms with E-state index in [1.807, 2.05) is 0 Å². The molecule has 92 valence electrons. The number of nitrogens with zero attached hydrogens (tertiary/aromatic N) is 1. The first-order valence-corrected chi connectivity index (χ1v) is 6.11. The van der Waals surface area contributed by atoms with Gasteiger partial charge >= 0.3 is 0 Å². The second-order valence-electron chi connectivity index (χ2n) is 3.65. The van der Waals surface area contributed by atoms with Crippen LogP contribution in [0.2, 0.25) is 0 Å². The van der Waals surface area contributed by atoms with E-state index in [0.717, 1.165) is 5.56 Å². The molecule has 0 saturated carbocycles. The van der Waals surface area contributed by atoms with Gasteiger partial charge in [0.2, 0.25) is 0 Å². The van der Waals surface area contributed by atoms with Crippen LogP contribution in [-0.2, 0) is 6.61 Å². The van der Waals surface area contributed by atoms with E-state index in [1.165, 1.54) is 0 Å². The fourth-order valence-corrected chi connectivity index (χ4v) is 1.88. The number of hydrogen-bond donors (Lipinski definition) is 2. The lowest BCUT2D eigenvalue weighted by molar-refractivity contribution is 0.102. The van der Waals surface area contributed by atoms with Gasteiger partial charge in [0.1, 0.15) is 4.60 Å². The Balaban J connectivity index is 2.14. The Kier molecular flexibility index (Phi) is 4.07. The second-order valence-corrected chi connectivity index (χ2v) is 4.40. The highest BCUT2D eigenvalue weighted by atomic mass is 79.9. The summed E-state index contributed by atoms with van der Waals surface area (Å²) in [5, 5.41) is 11.7. The lowest BCUT2D eigenvalue weighted by atomic mass is 10.2. The van der Waals surface area contributed by atoms with Crippen molar-refractivity contribution in [3.05, 3.63) is 58.3 Å². The summed E-state index contributed by atoms with van der Waals surface area (Å²) < 4.78 is 0.509. The predicted octanol–water partition coefficient (Wildman–Crippen LogP) is 2.59. The van der Waals surface area contributed by atoms with Crippen molar-refractivity contribution in [2.75, 3.05) is 5.32 Å². The summed E-state index contributed by atoms with van der Waals surface area (Å²) in [6, 6.07) is 10.4. The number of benzene rings is 1. The maximum Gasteiger partial charge on any atom is 0.258 e.